The summed E-state index contributed by atoms with van der Waals surface area (Å²) in [6.45, 7) is 1.46. The number of hydrogen-bond acceptors (Lipinski definition) is 4. The largest absolute Gasteiger partial charge is 0.326 e. The second-order valence-electron chi connectivity index (χ2n) is 7.26. The van der Waals surface area contributed by atoms with Gasteiger partial charge in [-0.1, -0.05) is 30.0 Å². The molecule has 0 radical (unpaired) electrons. The maximum Gasteiger partial charge on any atom is 0.234 e. The Balaban J connectivity index is 1.45. The summed E-state index contributed by atoms with van der Waals surface area (Å²) in [4.78, 5) is 28.5. The van der Waals surface area contributed by atoms with Crippen molar-refractivity contribution in [1.82, 2.24) is 9.55 Å². The second kappa shape index (κ2) is 9.17. The Morgan fingerprint density at radius 3 is 2.33 bits per heavy atom. The summed E-state index contributed by atoms with van der Waals surface area (Å²) in [5.74, 6) is 0.0589. The third-order valence-corrected chi connectivity index (χ3v) is 5.88. The van der Waals surface area contributed by atoms with Gasteiger partial charge in [-0.05, 0) is 62.1 Å². The average molecular weight is 421 g/mol. The van der Waals surface area contributed by atoms with E-state index >= 15 is 0 Å². The van der Waals surface area contributed by atoms with Crippen molar-refractivity contribution >= 4 is 35.0 Å². The van der Waals surface area contributed by atoms with Crippen molar-refractivity contribution in [2.45, 2.75) is 37.8 Å². The van der Waals surface area contributed by atoms with E-state index in [0.29, 0.717) is 11.4 Å². The van der Waals surface area contributed by atoms with Crippen molar-refractivity contribution in [3.8, 4) is 5.69 Å². The number of anilines is 2. The van der Waals surface area contributed by atoms with Gasteiger partial charge in [-0.15, -0.1) is 0 Å². The molecule has 1 aromatic heterocycles. The molecule has 2 aromatic carbocycles. The van der Waals surface area contributed by atoms with Crippen molar-refractivity contribution in [2.75, 3.05) is 16.4 Å². The number of carbonyl (C=O) groups is 2. The van der Waals surface area contributed by atoms with Gasteiger partial charge >= 0.3 is 0 Å². The Kier molecular flexibility index (Phi) is 6.18. The fraction of sp³-hybridized carbons (Fsp3) is 0.261. The summed E-state index contributed by atoms with van der Waals surface area (Å²) >= 11 is 1.46. The van der Waals surface area contributed by atoms with Gasteiger partial charge in [0, 0.05) is 29.7 Å². The topological polar surface area (TPSA) is 76.0 Å². The molecular weight excluding hydrogens is 396 g/mol. The highest BCUT2D eigenvalue weighted by atomic mass is 32.2. The van der Waals surface area contributed by atoms with E-state index in [1.807, 2.05) is 18.2 Å². The minimum atomic E-state index is -0.125. The summed E-state index contributed by atoms with van der Waals surface area (Å²) in [5.41, 5.74) is 4.90. The van der Waals surface area contributed by atoms with E-state index in [0.717, 1.165) is 35.8 Å². The molecule has 1 aliphatic carbocycles. The maximum absolute atomic E-state index is 12.5. The number of aromatic nitrogens is 2. The molecule has 0 saturated carbocycles. The van der Waals surface area contributed by atoms with Crippen LogP contribution < -0.4 is 10.6 Å². The van der Waals surface area contributed by atoms with Crippen molar-refractivity contribution in [3.63, 3.8) is 0 Å². The molecule has 154 valence electrons. The molecule has 0 atom stereocenters. The van der Waals surface area contributed by atoms with Crippen LogP contribution >= 0.6 is 11.8 Å². The molecule has 3 aromatic rings. The number of thioether (sulfide) groups is 1. The standard InChI is InChI=1S/C23H24N4O2S/c1-16(28)24-17-11-13-18(14-12-17)25-22(29)15-30-23-26-20-9-5-6-10-21(20)27(23)19-7-3-2-4-8-19/h2-4,7-8,11-14H,5-6,9-10,15H2,1H3,(H,24,28)(H,25,29). The normalized spacial score (nSPS) is 12.8. The van der Waals surface area contributed by atoms with Crippen LogP contribution in [0.2, 0.25) is 0 Å². The first-order chi connectivity index (χ1) is 14.6. The van der Waals surface area contributed by atoms with Crippen LogP contribution in [0.5, 0.6) is 0 Å². The van der Waals surface area contributed by atoms with E-state index in [1.54, 1.807) is 24.3 Å². The lowest BCUT2D eigenvalue weighted by atomic mass is 10.0. The molecule has 0 fully saturated rings. The zero-order valence-electron chi connectivity index (χ0n) is 16.9. The zero-order chi connectivity index (χ0) is 20.9. The van der Waals surface area contributed by atoms with Gasteiger partial charge < -0.3 is 10.6 Å². The molecular formula is C23H24N4O2S. The number of carbonyl (C=O) groups excluding carboxylic acids is 2. The van der Waals surface area contributed by atoms with E-state index in [9.17, 15) is 9.59 Å². The Hall–Kier alpha value is -3.06. The fourth-order valence-corrected chi connectivity index (χ4v) is 4.47. The molecule has 0 aliphatic heterocycles. The van der Waals surface area contributed by atoms with Crippen LogP contribution in [0.15, 0.2) is 59.8 Å². The lowest BCUT2D eigenvalue weighted by Crippen LogP contribution is -2.15. The van der Waals surface area contributed by atoms with E-state index in [-0.39, 0.29) is 17.6 Å². The fourth-order valence-electron chi connectivity index (χ4n) is 3.62. The number of hydrogen-bond donors (Lipinski definition) is 2. The quantitative estimate of drug-likeness (QED) is 0.578. The zero-order valence-corrected chi connectivity index (χ0v) is 17.7. The second-order valence-corrected chi connectivity index (χ2v) is 8.20. The highest BCUT2D eigenvalue weighted by molar-refractivity contribution is 7.99. The molecule has 6 nitrogen and oxygen atoms in total. The van der Waals surface area contributed by atoms with Gasteiger partial charge in [-0.2, -0.15) is 0 Å². The molecule has 30 heavy (non-hydrogen) atoms. The number of para-hydroxylation sites is 1. The lowest BCUT2D eigenvalue weighted by molar-refractivity contribution is -0.114. The van der Waals surface area contributed by atoms with Crippen LogP contribution in [0, 0.1) is 0 Å². The minimum absolute atomic E-state index is 0.0899. The van der Waals surface area contributed by atoms with Gasteiger partial charge in [-0.25, -0.2) is 4.98 Å². The lowest BCUT2D eigenvalue weighted by Gasteiger charge is -2.15. The van der Waals surface area contributed by atoms with Crippen LogP contribution in [0.3, 0.4) is 0 Å². The van der Waals surface area contributed by atoms with Crippen molar-refractivity contribution in [3.05, 3.63) is 66.0 Å². The average Bonchev–Trinajstić information content (AvgIpc) is 3.12. The van der Waals surface area contributed by atoms with E-state index in [1.165, 1.54) is 30.8 Å². The molecule has 7 heteroatoms. The van der Waals surface area contributed by atoms with E-state index < -0.39 is 0 Å². The Labute approximate surface area is 180 Å². The third-order valence-electron chi connectivity index (χ3n) is 4.94. The van der Waals surface area contributed by atoms with Crippen LogP contribution in [0.4, 0.5) is 11.4 Å². The molecule has 2 amide bonds. The smallest absolute Gasteiger partial charge is 0.234 e. The number of imidazole rings is 1. The first-order valence-electron chi connectivity index (χ1n) is 10.1. The number of nitrogens with one attached hydrogen (secondary N) is 2. The minimum Gasteiger partial charge on any atom is -0.326 e. The summed E-state index contributed by atoms with van der Waals surface area (Å²) < 4.78 is 2.20. The van der Waals surface area contributed by atoms with Crippen molar-refractivity contribution in [1.29, 1.82) is 0 Å². The van der Waals surface area contributed by atoms with Gasteiger partial charge in [0.2, 0.25) is 11.8 Å². The molecule has 0 unspecified atom stereocenters. The Morgan fingerprint density at radius 2 is 1.63 bits per heavy atom. The Morgan fingerprint density at radius 1 is 0.967 bits per heavy atom. The molecule has 2 N–H and O–H groups in total. The number of benzene rings is 2. The third kappa shape index (κ3) is 4.74. The summed E-state index contributed by atoms with van der Waals surface area (Å²) in [5, 5.41) is 6.48. The summed E-state index contributed by atoms with van der Waals surface area (Å²) in [6.07, 6.45) is 4.35. The molecule has 0 spiro atoms. The first-order valence-corrected chi connectivity index (χ1v) is 11.0. The number of nitrogens with zero attached hydrogens (tertiary/aromatic N) is 2. The Bertz CT molecular complexity index is 1050. The van der Waals surface area contributed by atoms with Crippen molar-refractivity contribution < 1.29 is 9.59 Å². The molecule has 0 bridgehead atoms. The molecule has 4 rings (SSSR count). The highest BCUT2D eigenvalue weighted by Gasteiger charge is 2.21. The maximum atomic E-state index is 12.5. The van der Waals surface area contributed by atoms with Gasteiger partial charge in [-0.3, -0.25) is 14.2 Å². The number of rotatable bonds is 6. The van der Waals surface area contributed by atoms with Crippen LogP contribution in [0.25, 0.3) is 5.69 Å². The highest BCUT2D eigenvalue weighted by Crippen LogP contribution is 2.30. The molecule has 1 aliphatic rings. The van der Waals surface area contributed by atoms with Crippen LogP contribution in [0.1, 0.15) is 31.2 Å². The molecule has 1 heterocycles. The monoisotopic (exact) mass is 420 g/mol. The van der Waals surface area contributed by atoms with Gasteiger partial charge in [0.05, 0.1) is 11.4 Å². The van der Waals surface area contributed by atoms with Gasteiger partial charge in [0.1, 0.15) is 0 Å². The predicted octanol–water partition coefficient (Wildman–Crippen LogP) is 4.44. The van der Waals surface area contributed by atoms with Crippen molar-refractivity contribution in [2.24, 2.45) is 0 Å². The number of fused-ring (bicyclic) bond motifs is 1. The first kappa shape index (κ1) is 20.2. The van der Waals surface area contributed by atoms with Gasteiger partial charge in [0.15, 0.2) is 5.16 Å². The summed E-state index contributed by atoms with van der Waals surface area (Å²) in [7, 11) is 0. The van der Waals surface area contributed by atoms with Gasteiger partial charge in [0.25, 0.3) is 0 Å². The predicted molar refractivity (Wildman–Crippen MR) is 120 cm³/mol. The van der Waals surface area contributed by atoms with Crippen LogP contribution in [-0.4, -0.2) is 27.1 Å². The summed E-state index contributed by atoms with van der Waals surface area (Å²) in [6, 6.07) is 17.3. The van der Waals surface area contributed by atoms with Crippen LogP contribution in [-0.2, 0) is 22.4 Å². The molecule has 0 saturated heterocycles. The number of amides is 2. The SMILES string of the molecule is CC(=O)Nc1ccc(NC(=O)CSc2nc3c(n2-c2ccccc2)CCCC3)cc1. The van der Waals surface area contributed by atoms with E-state index in [4.69, 9.17) is 4.98 Å². The van der Waals surface area contributed by atoms with E-state index in [2.05, 4.69) is 27.3 Å². The number of aryl methyl sites for hydroxylation is 1.